The van der Waals surface area contributed by atoms with E-state index in [4.69, 9.17) is 0 Å². The third-order valence-corrected chi connectivity index (χ3v) is 4.30. The first-order chi connectivity index (χ1) is 10.1. The predicted molar refractivity (Wildman–Crippen MR) is 78.3 cm³/mol. The van der Waals surface area contributed by atoms with Crippen molar-refractivity contribution in [3.8, 4) is 0 Å². The Labute approximate surface area is 124 Å². The number of hydrogen-bond acceptors (Lipinski definition) is 4. The molecule has 0 spiro atoms. The average Bonchev–Trinajstić information content (AvgIpc) is 2.94. The fraction of sp³-hybridized carbons (Fsp3) is 0.267. The lowest BCUT2D eigenvalue weighted by atomic mass is 10.1. The molecule has 108 valence electrons. The second-order valence-corrected chi connectivity index (χ2v) is 5.83. The van der Waals surface area contributed by atoms with E-state index in [2.05, 4.69) is 9.97 Å². The lowest BCUT2D eigenvalue weighted by Crippen LogP contribution is -2.15. The van der Waals surface area contributed by atoms with Crippen LogP contribution in [0, 0.1) is 5.82 Å². The Hall–Kier alpha value is -1.95. The molecule has 1 N–H and O–H groups in total. The van der Waals surface area contributed by atoms with Gasteiger partial charge in [0.25, 0.3) is 5.56 Å². The topological polar surface area (TPSA) is 62.8 Å². The third-order valence-electron chi connectivity index (χ3n) is 3.43. The van der Waals surface area contributed by atoms with Gasteiger partial charge in [0.2, 0.25) is 0 Å². The summed E-state index contributed by atoms with van der Waals surface area (Å²) in [6.45, 7) is 0. The number of carbonyl (C=O) groups is 1. The second kappa shape index (κ2) is 5.81. The third kappa shape index (κ3) is 3.05. The lowest BCUT2D eigenvalue weighted by Gasteiger charge is -2.03. The Kier molecular flexibility index (Phi) is 3.88. The van der Waals surface area contributed by atoms with Gasteiger partial charge in [0.1, 0.15) is 5.82 Å². The van der Waals surface area contributed by atoms with Crippen LogP contribution in [-0.4, -0.2) is 21.5 Å². The standard InChI is InChI=1S/C15H13FN2O2S/c16-10-6-4-9(5-7-10)13(19)8-21-15-17-12-3-1-2-11(12)14(20)18-15/h4-7H,1-3,8H2,(H,17,18,20). The Bertz CT molecular complexity index is 740. The molecule has 1 aliphatic carbocycles. The SMILES string of the molecule is O=C(CSc1nc2c(c(=O)[nH]1)CCC2)c1ccc(F)cc1. The van der Waals surface area contributed by atoms with E-state index >= 15 is 0 Å². The van der Waals surface area contributed by atoms with Gasteiger partial charge in [-0.05, 0) is 43.5 Å². The monoisotopic (exact) mass is 304 g/mol. The average molecular weight is 304 g/mol. The molecule has 1 aromatic heterocycles. The molecule has 0 amide bonds. The number of benzene rings is 1. The van der Waals surface area contributed by atoms with Gasteiger partial charge in [0.15, 0.2) is 10.9 Å². The van der Waals surface area contributed by atoms with Gasteiger partial charge < -0.3 is 4.98 Å². The van der Waals surface area contributed by atoms with Gasteiger partial charge in [-0.1, -0.05) is 11.8 Å². The van der Waals surface area contributed by atoms with E-state index in [1.165, 1.54) is 36.0 Å². The molecule has 2 aromatic rings. The summed E-state index contributed by atoms with van der Waals surface area (Å²) in [5.41, 5.74) is 1.96. The van der Waals surface area contributed by atoms with Crippen molar-refractivity contribution >= 4 is 17.5 Å². The van der Waals surface area contributed by atoms with Gasteiger partial charge in [0, 0.05) is 11.1 Å². The van der Waals surface area contributed by atoms with E-state index in [0.29, 0.717) is 10.7 Å². The van der Waals surface area contributed by atoms with Crippen molar-refractivity contribution in [2.75, 3.05) is 5.75 Å². The maximum atomic E-state index is 12.8. The number of H-pyrrole nitrogens is 1. The maximum Gasteiger partial charge on any atom is 0.254 e. The number of nitrogens with zero attached hydrogens (tertiary/aromatic N) is 1. The molecule has 1 aromatic carbocycles. The molecule has 21 heavy (non-hydrogen) atoms. The molecular weight excluding hydrogens is 291 g/mol. The van der Waals surface area contributed by atoms with Crippen molar-refractivity contribution in [3.63, 3.8) is 0 Å². The Balaban J connectivity index is 1.70. The zero-order valence-corrected chi connectivity index (χ0v) is 12.0. The van der Waals surface area contributed by atoms with Gasteiger partial charge in [-0.2, -0.15) is 0 Å². The highest BCUT2D eigenvalue weighted by molar-refractivity contribution is 7.99. The second-order valence-electron chi connectivity index (χ2n) is 4.87. The van der Waals surface area contributed by atoms with E-state index in [1.54, 1.807) is 0 Å². The van der Waals surface area contributed by atoms with Gasteiger partial charge in [-0.3, -0.25) is 9.59 Å². The van der Waals surface area contributed by atoms with Gasteiger partial charge >= 0.3 is 0 Å². The van der Waals surface area contributed by atoms with Crippen molar-refractivity contribution in [1.82, 2.24) is 9.97 Å². The Morgan fingerprint density at radius 2 is 2.05 bits per heavy atom. The number of nitrogens with one attached hydrogen (secondary N) is 1. The number of thioether (sulfide) groups is 1. The molecule has 0 saturated heterocycles. The van der Waals surface area contributed by atoms with Crippen LogP contribution in [0.1, 0.15) is 28.0 Å². The van der Waals surface area contributed by atoms with Crippen molar-refractivity contribution < 1.29 is 9.18 Å². The van der Waals surface area contributed by atoms with E-state index in [9.17, 15) is 14.0 Å². The number of aromatic amines is 1. The van der Waals surface area contributed by atoms with E-state index in [-0.39, 0.29) is 22.9 Å². The molecule has 0 fully saturated rings. The summed E-state index contributed by atoms with van der Waals surface area (Å²) in [6, 6.07) is 5.43. The fourth-order valence-electron chi connectivity index (χ4n) is 2.34. The molecule has 0 unspecified atom stereocenters. The minimum absolute atomic E-state index is 0.103. The molecule has 6 heteroatoms. The quantitative estimate of drug-likeness (QED) is 0.535. The summed E-state index contributed by atoms with van der Waals surface area (Å²) in [4.78, 5) is 30.9. The molecule has 0 atom stereocenters. The van der Waals surface area contributed by atoms with Crippen LogP contribution in [-0.2, 0) is 12.8 Å². The predicted octanol–water partition coefficient (Wildman–Crippen LogP) is 2.37. The largest absolute Gasteiger partial charge is 0.301 e. The number of Topliss-reactive ketones (excluding diaryl/α,β-unsaturated/α-hetero) is 1. The summed E-state index contributed by atoms with van der Waals surface area (Å²) < 4.78 is 12.8. The number of halogens is 1. The summed E-state index contributed by atoms with van der Waals surface area (Å²) in [5.74, 6) is -0.333. The van der Waals surface area contributed by atoms with Crippen molar-refractivity contribution in [2.45, 2.75) is 24.4 Å². The molecular formula is C15H13FN2O2S. The number of hydrogen-bond donors (Lipinski definition) is 1. The van der Waals surface area contributed by atoms with Crippen LogP contribution >= 0.6 is 11.8 Å². The van der Waals surface area contributed by atoms with E-state index < -0.39 is 0 Å². The van der Waals surface area contributed by atoms with E-state index in [1.807, 2.05) is 0 Å². The lowest BCUT2D eigenvalue weighted by molar-refractivity contribution is 0.102. The number of ketones is 1. The summed E-state index contributed by atoms with van der Waals surface area (Å²) in [5, 5.41) is 0.469. The first-order valence-corrected chi connectivity index (χ1v) is 7.65. The Morgan fingerprint density at radius 1 is 1.29 bits per heavy atom. The maximum absolute atomic E-state index is 12.8. The van der Waals surface area contributed by atoms with Crippen LogP contribution in [0.5, 0.6) is 0 Å². The van der Waals surface area contributed by atoms with Crippen molar-refractivity contribution in [3.05, 3.63) is 57.3 Å². The minimum atomic E-state index is -0.371. The number of aryl methyl sites for hydroxylation is 1. The minimum Gasteiger partial charge on any atom is -0.301 e. The normalized spacial score (nSPS) is 13.2. The number of carbonyl (C=O) groups excluding carboxylic acids is 1. The number of aromatic nitrogens is 2. The van der Waals surface area contributed by atoms with Crippen LogP contribution in [0.2, 0.25) is 0 Å². The smallest absolute Gasteiger partial charge is 0.254 e. The fourth-order valence-corrected chi connectivity index (χ4v) is 3.11. The van der Waals surface area contributed by atoms with Crippen molar-refractivity contribution in [1.29, 1.82) is 0 Å². The van der Waals surface area contributed by atoms with Crippen molar-refractivity contribution in [2.24, 2.45) is 0 Å². The molecule has 0 aliphatic heterocycles. The first-order valence-electron chi connectivity index (χ1n) is 6.67. The summed E-state index contributed by atoms with van der Waals surface area (Å²) >= 11 is 1.20. The molecule has 0 bridgehead atoms. The van der Waals surface area contributed by atoms with Crippen LogP contribution in [0.4, 0.5) is 4.39 Å². The zero-order chi connectivity index (χ0) is 14.8. The summed E-state index contributed by atoms with van der Waals surface area (Å²) in [7, 11) is 0. The molecule has 0 radical (unpaired) electrons. The summed E-state index contributed by atoms with van der Waals surface area (Å²) in [6.07, 6.45) is 2.55. The zero-order valence-electron chi connectivity index (χ0n) is 11.2. The van der Waals surface area contributed by atoms with Gasteiger partial charge in [0.05, 0.1) is 11.4 Å². The van der Waals surface area contributed by atoms with Crippen LogP contribution < -0.4 is 5.56 Å². The molecule has 0 saturated carbocycles. The highest BCUT2D eigenvalue weighted by atomic mass is 32.2. The number of rotatable bonds is 4. The molecule has 4 nitrogen and oxygen atoms in total. The first kappa shape index (κ1) is 14.0. The van der Waals surface area contributed by atoms with E-state index in [0.717, 1.165) is 30.5 Å². The molecule has 1 aliphatic rings. The van der Waals surface area contributed by atoms with Gasteiger partial charge in [-0.25, -0.2) is 9.37 Å². The highest BCUT2D eigenvalue weighted by Crippen LogP contribution is 2.20. The van der Waals surface area contributed by atoms with Crippen LogP contribution in [0.3, 0.4) is 0 Å². The van der Waals surface area contributed by atoms with Gasteiger partial charge in [-0.15, -0.1) is 0 Å². The highest BCUT2D eigenvalue weighted by Gasteiger charge is 2.17. The van der Waals surface area contributed by atoms with Crippen LogP contribution in [0.25, 0.3) is 0 Å². The number of fused-ring (bicyclic) bond motifs is 1. The molecule has 1 heterocycles. The van der Waals surface area contributed by atoms with Crippen LogP contribution in [0.15, 0.2) is 34.2 Å². The Morgan fingerprint density at radius 3 is 2.81 bits per heavy atom. The molecule has 3 rings (SSSR count).